The molecule has 35 heavy (non-hydrogen) atoms. The second kappa shape index (κ2) is 9.80. The molecule has 186 valence electrons. The van der Waals surface area contributed by atoms with Gasteiger partial charge in [0.25, 0.3) is 5.56 Å². The van der Waals surface area contributed by atoms with E-state index in [1.54, 1.807) is 6.92 Å². The number of carbonyl (C=O) groups excluding carboxylic acids is 2. The van der Waals surface area contributed by atoms with Crippen LogP contribution in [0.5, 0.6) is 0 Å². The van der Waals surface area contributed by atoms with Crippen molar-refractivity contribution < 1.29 is 27.5 Å². The molecule has 3 aromatic rings. The van der Waals surface area contributed by atoms with Crippen LogP contribution in [0.25, 0.3) is 10.2 Å². The van der Waals surface area contributed by atoms with Crippen LogP contribution >= 0.6 is 11.3 Å². The van der Waals surface area contributed by atoms with Gasteiger partial charge in [-0.2, -0.15) is 13.2 Å². The number of aromatic nitrogens is 2. The van der Waals surface area contributed by atoms with E-state index in [9.17, 15) is 27.6 Å². The van der Waals surface area contributed by atoms with E-state index in [1.807, 2.05) is 0 Å². The summed E-state index contributed by atoms with van der Waals surface area (Å²) in [5, 5.41) is 2.44. The standard InChI is InChI=1S/C24H24F3N3O4S/c1-13-18-21(35-19(13)23(33)34-15-8-4-3-5-9-15)28-12-30(22(18)32)14(2)20(31)29-17-11-7-6-10-16(17)24(25,26)27/h6-7,10-12,14-15H,3-5,8-9H2,1-2H3,(H,29,31). The number of para-hydroxylation sites is 1. The van der Waals surface area contributed by atoms with Crippen molar-refractivity contribution in [2.24, 2.45) is 0 Å². The number of alkyl halides is 3. The molecule has 0 bridgehead atoms. The molecule has 1 N–H and O–H groups in total. The fourth-order valence-electron chi connectivity index (χ4n) is 4.20. The molecule has 1 amide bonds. The SMILES string of the molecule is Cc1c(C(=O)OC2CCCCC2)sc2ncn(C(C)C(=O)Nc3ccccc3C(F)(F)F)c(=O)c12. The maximum atomic E-state index is 13.3. The molecule has 11 heteroatoms. The van der Waals surface area contributed by atoms with E-state index in [-0.39, 0.29) is 16.4 Å². The van der Waals surface area contributed by atoms with Crippen LogP contribution in [0.15, 0.2) is 35.4 Å². The van der Waals surface area contributed by atoms with E-state index in [0.29, 0.717) is 10.4 Å². The first kappa shape index (κ1) is 24.9. The van der Waals surface area contributed by atoms with Crippen molar-refractivity contribution in [3.05, 3.63) is 57.0 Å². The minimum atomic E-state index is -4.65. The number of amides is 1. The number of rotatable bonds is 5. The summed E-state index contributed by atoms with van der Waals surface area (Å²) in [5.74, 6) is -1.31. The number of hydrogen-bond acceptors (Lipinski definition) is 6. The quantitative estimate of drug-likeness (QED) is 0.462. The van der Waals surface area contributed by atoms with Crippen molar-refractivity contribution in [3.8, 4) is 0 Å². The highest BCUT2D eigenvalue weighted by atomic mass is 32.1. The summed E-state index contributed by atoms with van der Waals surface area (Å²) < 4.78 is 46.5. The second-order valence-electron chi connectivity index (χ2n) is 8.57. The lowest BCUT2D eigenvalue weighted by Crippen LogP contribution is -2.32. The highest BCUT2D eigenvalue weighted by Gasteiger charge is 2.34. The third kappa shape index (κ3) is 5.09. The van der Waals surface area contributed by atoms with Crippen molar-refractivity contribution >= 4 is 39.1 Å². The number of hydrogen-bond donors (Lipinski definition) is 1. The summed E-state index contributed by atoms with van der Waals surface area (Å²) in [6.45, 7) is 3.01. The number of thiophene rings is 1. The summed E-state index contributed by atoms with van der Waals surface area (Å²) in [6.07, 6.45) is 1.11. The number of halogens is 3. The lowest BCUT2D eigenvalue weighted by molar-refractivity contribution is -0.137. The van der Waals surface area contributed by atoms with Crippen LogP contribution in [0.3, 0.4) is 0 Å². The van der Waals surface area contributed by atoms with Gasteiger partial charge in [-0.25, -0.2) is 9.78 Å². The van der Waals surface area contributed by atoms with E-state index < -0.39 is 40.9 Å². The fraction of sp³-hybridized carbons (Fsp3) is 0.417. The molecule has 1 aliphatic rings. The smallest absolute Gasteiger partial charge is 0.418 e. The molecule has 0 spiro atoms. The van der Waals surface area contributed by atoms with Crippen molar-refractivity contribution in [1.29, 1.82) is 0 Å². The van der Waals surface area contributed by atoms with Gasteiger partial charge in [-0.3, -0.25) is 14.2 Å². The molecule has 1 saturated carbocycles. The summed E-state index contributed by atoms with van der Waals surface area (Å²) >= 11 is 1.05. The van der Waals surface area contributed by atoms with Crippen molar-refractivity contribution in [2.75, 3.05) is 5.32 Å². The maximum Gasteiger partial charge on any atom is 0.418 e. The number of aryl methyl sites for hydroxylation is 1. The van der Waals surface area contributed by atoms with E-state index in [0.717, 1.165) is 66.5 Å². The minimum Gasteiger partial charge on any atom is -0.458 e. The largest absolute Gasteiger partial charge is 0.458 e. The van der Waals surface area contributed by atoms with Gasteiger partial charge in [-0.1, -0.05) is 18.6 Å². The molecular weight excluding hydrogens is 483 g/mol. The molecule has 2 heterocycles. The first-order valence-corrected chi connectivity index (χ1v) is 12.1. The fourth-order valence-corrected chi connectivity index (χ4v) is 5.22. The molecule has 1 fully saturated rings. The first-order valence-electron chi connectivity index (χ1n) is 11.3. The van der Waals surface area contributed by atoms with Crippen LogP contribution in [-0.2, 0) is 15.7 Å². The molecule has 0 saturated heterocycles. The Labute approximate surface area is 202 Å². The molecule has 7 nitrogen and oxygen atoms in total. The molecule has 4 rings (SSSR count). The summed E-state index contributed by atoms with van der Waals surface area (Å²) in [6, 6.07) is 3.45. The number of nitrogens with one attached hydrogen (secondary N) is 1. The Morgan fingerprint density at radius 3 is 2.57 bits per heavy atom. The average Bonchev–Trinajstić information content (AvgIpc) is 3.16. The molecule has 0 radical (unpaired) electrons. The predicted octanol–water partition coefficient (Wildman–Crippen LogP) is 5.47. The Balaban J connectivity index is 1.60. The zero-order valence-corrected chi connectivity index (χ0v) is 20.0. The predicted molar refractivity (Wildman–Crippen MR) is 126 cm³/mol. The minimum absolute atomic E-state index is 0.145. The van der Waals surface area contributed by atoms with E-state index in [4.69, 9.17) is 4.74 Å². The van der Waals surface area contributed by atoms with E-state index in [2.05, 4.69) is 10.3 Å². The van der Waals surface area contributed by atoms with Gasteiger partial charge in [-0.05, 0) is 57.2 Å². The van der Waals surface area contributed by atoms with Gasteiger partial charge >= 0.3 is 12.1 Å². The van der Waals surface area contributed by atoms with Crippen LogP contribution in [0.2, 0.25) is 0 Å². The van der Waals surface area contributed by atoms with E-state index in [1.165, 1.54) is 19.1 Å². The van der Waals surface area contributed by atoms with Crippen molar-refractivity contribution in [1.82, 2.24) is 9.55 Å². The lowest BCUT2D eigenvalue weighted by atomic mass is 9.98. The number of fused-ring (bicyclic) bond motifs is 1. The van der Waals surface area contributed by atoms with Crippen molar-refractivity contribution in [2.45, 2.75) is 64.3 Å². The van der Waals surface area contributed by atoms with Crippen LogP contribution in [0.4, 0.5) is 18.9 Å². The highest BCUT2D eigenvalue weighted by molar-refractivity contribution is 7.20. The summed E-state index contributed by atoms with van der Waals surface area (Å²) in [4.78, 5) is 43.6. The molecule has 0 aliphatic heterocycles. The number of nitrogens with zero attached hydrogens (tertiary/aromatic N) is 2. The molecule has 1 atom stereocenters. The van der Waals surface area contributed by atoms with Crippen LogP contribution in [0, 0.1) is 6.92 Å². The van der Waals surface area contributed by atoms with Gasteiger partial charge in [0.15, 0.2) is 0 Å². The maximum absolute atomic E-state index is 13.3. The average molecular weight is 508 g/mol. The zero-order valence-electron chi connectivity index (χ0n) is 19.1. The Kier molecular flexibility index (Phi) is 6.98. The molecule has 1 unspecified atom stereocenters. The highest BCUT2D eigenvalue weighted by Crippen LogP contribution is 2.35. The van der Waals surface area contributed by atoms with Crippen molar-refractivity contribution in [3.63, 3.8) is 0 Å². The zero-order chi connectivity index (χ0) is 25.3. The van der Waals surface area contributed by atoms with Gasteiger partial charge in [0.2, 0.25) is 5.91 Å². The van der Waals surface area contributed by atoms with Gasteiger partial charge in [0, 0.05) is 0 Å². The van der Waals surface area contributed by atoms with E-state index >= 15 is 0 Å². The molecule has 2 aromatic heterocycles. The number of anilines is 1. The molecular formula is C24H24F3N3O4S. The Morgan fingerprint density at radius 2 is 1.89 bits per heavy atom. The number of ether oxygens (including phenoxy) is 1. The third-order valence-electron chi connectivity index (χ3n) is 6.17. The number of carbonyl (C=O) groups is 2. The normalized spacial score (nSPS) is 15.7. The van der Waals surface area contributed by atoms with Gasteiger partial charge in [0.05, 0.1) is 23.0 Å². The van der Waals surface area contributed by atoms with Gasteiger partial charge in [0.1, 0.15) is 21.9 Å². The van der Waals surface area contributed by atoms with Gasteiger partial charge < -0.3 is 10.1 Å². The Morgan fingerprint density at radius 1 is 1.20 bits per heavy atom. The third-order valence-corrected chi connectivity index (χ3v) is 7.35. The van der Waals surface area contributed by atoms with Gasteiger partial charge in [-0.15, -0.1) is 11.3 Å². The second-order valence-corrected chi connectivity index (χ2v) is 9.57. The summed E-state index contributed by atoms with van der Waals surface area (Å²) in [5.41, 5.74) is -1.55. The first-order chi connectivity index (χ1) is 16.6. The number of benzene rings is 1. The van der Waals surface area contributed by atoms with Crippen LogP contribution < -0.4 is 10.9 Å². The van der Waals surface area contributed by atoms with Crippen LogP contribution in [0.1, 0.15) is 65.9 Å². The number of esters is 1. The Hall–Kier alpha value is -3.21. The monoisotopic (exact) mass is 507 g/mol. The Bertz CT molecular complexity index is 1330. The molecule has 1 aromatic carbocycles. The summed E-state index contributed by atoms with van der Waals surface area (Å²) in [7, 11) is 0. The van der Waals surface area contributed by atoms with Crippen LogP contribution in [-0.4, -0.2) is 27.5 Å². The lowest BCUT2D eigenvalue weighted by Gasteiger charge is -2.21. The molecule has 1 aliphatic carbocycles. The topological polar surface area (TPSA) is 90.3 Å².